The number of nitrogens with one attached hydrogen (secondary N) is 1. The highest BCUT2D eigenvalue weighted by Gasteiger charge is 2.23. The molecule has 1 nitrogen and oxygen atoms in total. The summed E-state index contributed by atoms with van der Waals surface area (Å²) in [6, 6.07) is 7.00. The zero-order valence-electron chi connectivity index (χ0n) is 12.0. The zero-order valence-corrected chi connectivity index (χ0v) is 12.0. The third-order valence-corrected chi connectivity index (χ3v) is 4.33. The SMILES string of the molecule is CCNC.c1cc2c(c(C3CCC3)c1)CCCC2. The van der Waals surface area contributed by atoms with Gasteiger partial charge in [0.1, 0.15) is 0 Å². The Morgan fingerprint density at radius 1 is 1.11 bits per heavy atom. The van der Waals surface area contributed by atoms with E-state index in [1.54, 1.807) is 16.7 Å². The maximum Gasteiger partial charge on any atom is -0.00804 e. The summed E-state index contributed by atoms with van der Waals surface area (Å²) in [5.74, 6) is 0.919. The van der Waals surface area contributed by atoms with Crippen LogP contribution in [-0.4, -0.2) is 13.6 Å². The van der Waals surface area contributed by atoms with Crippen molar-refractivity contribution in [2.45, 2.75) is 57.8 Å². The lowest BCUT2D eigenvalue weighted by molar-refractivity contribution is 0.415. The summed E-state index contributed by atoms with van der Waals surface area (Å²) >= 11 is 0. The average Bonchev–Trinajstić information content (AvgIpc) is 2.38. The molecule has 0 saturated heterocycles. The normalized spacial score (nSPS) is 18.3. The van der Waals surface area contributed by atoms with Gasteiger partial charge in [-0.2, -0.15) is 0 Å². The number of aryl methyl sites for hydroxylation is 1. The molecule has 1 N–H and O–H groups in total. The molecule has 0 bridgehead atoms. The second-order valence-electron chi connectivity index (χ2n) is 5.53. The van der Waals surface area contributed by atoms with Crippen molar-refractivity contribution in [1.29, 1.82) is 0 Å². The highest BCUT2D eigenvalue weighted by Crippen LogP contribution is 2.40. The molecule has 0 aliphatic heterocycles. The highest BCUT2D eigenvalue weighted by molar-refractivity contribution is 5.39. The van der Waals surface area contributed by atoms with Crippen molar-refractivity contribution >= 4 is 0 Å². The third kappa shape index (κ3) is 3.14. The van der Waals surface area contributed by atoms with Crippen LogP contribution in [0.5, 0.6) is 0 Å². The topological polar surface area (TPSA) is 12.0 Å². The van der Waals surface area contributed by atoms with E-state index in [0.29, 0.717) is 0 Å². The van der Waals surface area contributed by atoms with Crippen molar-refractivity contribution in [1.82, 2.24) is 5.32 Å². The molecule has 100 valence electrons. The first-order valence-electron chi connectivity index (χ1n) is 7.62. The Balaban J connectivity index is 0.000000267. The second-order valence-corrected chi connectivity index (χ2v) is 5.53. The maximum atomic E-state index is 2.93. The Morgan fingerprint density at radius 2 is 1.83 bits per heavy atom. The molecule has 0 aromatic heterocycles. The van der Waals surface area contributed by atoms with Crippen LogP contribution in [0.1, 0.15) is 61.6 Å². The van der Waals surface area contributed by atoms with Gasteiger partial charge in [0, 0.05) is 0 Å². The number of benzene rings is 1. The maximum absolute atomic E-state index is 2.93. The smallest absolute Gasteiger partial charge is 0.00804 e. The molecule has 1 aromatic carbocycles. The number of rotatable bonds is 2. The Labute approximate surface area is 112 Å². The predicted octanol–water partition coefficient (Wildman–Crippen LogP) is 4.06. The Kier molecular flexibility index (Phi) is 5.25. The van der Waals surface area contributed by atoms with Gasteiger partial charge in [0.25, 0.3) is 0 Å². The molecule has 18 heavy (non-hydrogen) atoms. The van der Waals surface area contributed by atoms with E-state index in [1.165, 1.54) is 44.9 Å². The first-order chi connectivity index (χ1) is 8.86. The van der Waals surface area contributed by atoms with Crippen LogP contribution in [0.25, 0.3) is 0 Å². The van der Waals surface area contributed by atoms with Crippen molar-refractivity contribution < 1.29 is 0 Å². The lowest BCUT2D eigenvalue weighted by Crippen LogP contribution is -2.14. The van der Waals surface area contributed by atoms with E-state index in [-0.39, 0.29) is 0 Å². The van der Waals surface area contributed by atoms with Crippen molar-refractivity contribution in [3.63, 3.8) is 0 Å². The van der Waals surface area contributed by atoms with Gasteiger partial charge in [-0.3, -0.25) is 0 Å². The van der Waals surface area contributed by atoms with Gasteiger partial charge in [-0.05, 0) is 74.7 Å². The van der Waals surface area contributed by atoms with Crippen LogP contribution in [0.3, 0.4) is 0 Å². The van der Waals surface area contributed by atoms with E-state index in [2.05, 4.69) is 30.4 Å². The van der Waals surface area contributed by atoms with Gasteiger partial charge < -0.3 is 5.32 Å². The number of hydrogen-bond donors (Lipinski definition) is 1. The molecule has 0 unspecified atom stereocenters. The lowest BCUT2D eigenvalue weighted by Gasteiger charge is -2.30. The molecule has 2 aliphatic carbocycles. The van der Waals surface area contributed by atoms with Crippen LogP contribution in [0.2, 0.25) is 0 Å². The van der Waals surface area contributed by atoms with E-state index in [4.69, 9.17) is 0 Å². The molecule has 1 saturated carbocycles. The Morgan fingerprint density at radius 3 is 2.44 bits per heavy atom. The van der Waals surface area contributed by atoms with Crippen LogP contribution < -0.4 is 5.32 Å². The van der Waals surface area contributed by atoms with Crippen molar-refractivity contribution in [2.24, 2.45) is 0 Å². The van der Waals surface area contributed by atoms with Gasteiger partial charge in [-0.15, -0.1) is 0 Å². The van der Waals surface area contributed by atoms with Crippen LogP contribution >= 0.6 is 0 Å². The first-order valence-corrected chi connectivity index (χ1v) is 7.62. The fourth-order valence-corrected chi connectivity index (χ4v) is 2.91. The molecule has 3 rings (SSSR count). The molecule has 1 fully saturated rings. The van der Waals surface area contributed by atoms with E-state index in [0.717, 1.165) is 12.5 Å². The minimum absolute atomic E-state index is 0.919. The largest absolute Gasteiger partial charge is 0.320 e. The molecular weight excluding hydrogens is 218 g/mol. The molecule has 0 amide bonds. The predicted molar refractivity (Wildman–Crippen MR) is 79.3 cm³/mol. The summed E-state index contributed by atoms with van der Waals surface area (Å²) in [6.45, 7) is 3.14. The molecule has 0 spiro atoms. The Bertz CT molecular complexity index is 364. The van der Waals surface area contributed by atoms with Gasteiger partial charge >= 0.3 is 0 Å². The summed E-state index contributed by atoms with van der Waals surface area (Å²) in [5, 5.41) is 2.93. The van der Waals surface area contributed by atoms with Gasteiger partial charge in [0.15, 0.2) is 0 Å². The minimum Gasteiger partial charge on any atom is -0.320 e. The molecule has 1 aromatic rings. The Hall–Kier alpha value is -0.820. The number of fused-ring (bicyclic) bond motifs is 1. The lowest BCUT2D eigenvalue weighted by atomic mass is 9.75. The zero-order chi connectivity index (χ0) is 12.8. The van der Waals surface area contributed by atoms with Crippen LogP contribution in [0.4, 0.5) is 0 Å². The monoisotopic (exact) mass is 245 g/mol. The fourth-order valence-electron chi connectivity index (χ4n) is 2.91. The minimum atomic E-state index is 0.919. The van der Waals surface area contributed by atoms with Crippen molar-refractivity contribution in [2.75, 3.05) is 13.6 Å². The number of hydrogen-bond acceptors (Lipinski definition) is 1. The fraction of sp³-hybridized carbons (Fsp3) is 0.647. The average molecular weight is 245 g/mol. The summed E-state index contributed by atoms with van der Waals surface area (Å²) in [5.41, 5.74) is 5.08. The summed E-state index contributed by atoms with van der Waals surface area (Å²) < 4.78 is 0. The molecule has 0 radical (unpaired) electrons. The quantitative estimate of drug-likeness (QED) is 0.828. The molecular formula is C17H27N. The van der Waals surface area contributed by atoms with Gasteiger partial charge in [-0.25, -0.2) is 0 Å². The summed E-state index contributed by atoms with van der Waals surface area (Å²) in [7, 11) is 1.93. The van der Waals surface area contributed by atoms with Crippen LogP contribution in [0.15, 0.2) is 18.2 Å². The van der Waals surface area contributed by atoms with Crippen molar-refractivity contribution in [3.8, 4) is 0 Å². The van der Waals surface area contributed by atoms with Crippen molar-refractivity contribution in [3.05, 3.63) is 34.9 Å². The van der Waals surface area contributed by atoms with E-state index in [1.807, 2.05) is 7.05 Å². The molecule has 1 heteroatoms. The molecule has 0 atom stereocenters. The molecule has 2 aliphatic rings. The third-order valence-electron chi connectivity index (χ3n) is 4.33. The van der Waals surface area contributed by atoms with Crippen LogP contribution in [-0.2, 0) is 12.8 Å². The van der Waals surface area contributed by atoms with E-state index < -0.39 is 0 Å². The van der Waals surface area contributed by atoms with E-state index in [9.17, 15) is 0 Å². The van der Waals surface area contributed by atoms with Gasteiger partial charge in [-0.1, -0.05) is 31.5 Å². The molecule has 0 heterocycles. The van der Waals surface area contributed by atoms with Crippen LogP contribution in [0, 0.1) is 0 Å². The highest BCUT2D eigenvalue weighted by atomic mass is 14.8. The van der Waals surface area contributed by atoms with Gasteiger partial charge in [0.2, 0.25) is 0 Å². The van der Waals surface area contributed by atoms with E-state index >= 15 is 0 Å². The standard InChI is InChI=1S/C14H18.C3H9N/c1-2-9-13-11(5-1)8-4-10-14(13)12-6-3-7-12;1-3-4-2/h4,8,10,12H,1-3,5-7,9H2;4H,3H2,1-2H3. The second kappa shape index (κ2) is 6.94. The summed E-state index contributed by atoms with van der Waals surface area (Å²) in [4.78, 5) is 0. The van der Waals surface area contributed by atoms with Gasteiger partial charge in [0.05, 0.1) is 0 Å². The first kappa shape index (κ1) is 13.6. The summed E-state index contributed by atoms with van der Waals surface area (Å²) in [6.07, 6.45) is 9.83.